The van der Waals surface area contributed by atoms with Crippen molar-refractivity contribution in [2.45, 2.75) is 33.2 Å². The van der Waals surface area contributed by atoms with Gasteiger partial charge >= 0.3 is 0 Å². The van der Waals surface area contributed by atoms with Gasteiger partial charge in [-0.15, -0.1) is 0 Å². The Balaban J connectivity index is 2.47. The molecule has 0 aromatic heterocycles. The Morgan fingerprint density at radius 1 is 1.44 bits per heavy atom. The van der Waals surface area contributed by atoms with Gasteiger partial charge in [0, 0.05) is 23.8 Å². The van der Waals surface area contributed by atoms with Crippen LogP contribution in [0.5, 0.6) is 0 Å². The standard InChI is InChI=1S/C15H18N2O/c1-10-6-11(2)17(9-10)15-7-13(8-16)4-5-14(15)12(3)18/h4-5,7,10-11H,6,9H2,1-3H3. The highest BCUT2D eigenvalue weighted by atomic mass is 16.1. The van der Waals surface area contributed by atoms with Gasteiger partial charge in [-0.3, -0.25) is 4.79 Å². The van der Waals surface area contributed by atoms with Gasteiger partial charge < -0.3 is 4.90 Å². The van der Waals surface area contributed by atoms with Gasteiger partial charge in [0.15, 0.2) is 5.78 Å². The highest BCUT2D eigenvalue weighted by molar-refractivity contribution is 6.00. The number of Topliss-reactive ketones (excluding diaryl/α,β-unsaturated/α-hetero) is 1. The Morgan fingerprint density at radius 2 is 2.17 bits per heavy atom. The quantitative estimate of drug-likeness (QED) is 0.749. The van der Waals surface area contributed by atoms with Gasteiger partial charge in [-0.2, -0.15) is 5.26 Å². The summed E-state index contributed by atoms with van der Waals surface area (Å²) in [5.41, 5.74) is 2.25. The maximum atomic E-state index is 11.7. The highest BCUT2D eigenvalue weighted by Crippen LogP contribution is 2.32. The van der Waals surface area contributed by atoms with Crippen LogP contribution in [0.25, 0.3) is 0 Å². The van der Waals surface area contributed by atoms with E-state index < -0.39 is 0 Å². The first-order chi connectivity index (χ1) is 8.52. The summed E-state index contributed by atoms with van der Waals surface area (Å²) in [6.45, 7) is 6.93. The monoisotopic (exact) mass is 242 g/mol. The van der Waals surface area contributed by atoms with Crippen LogP contribution in [0.15, 0.2) is 18.2 Å². The van der Waals surface area contributed by atoms with Crippen LogP contribution in [0.4, 0.5) is 5.69 Å². The summed E-state index contributed by atoms with van der Waals surface area (Å²) in [4.78, 5) is 14.0. The number of benzene rings is 1. The summed E-state index contributed by atoms with van der Waals surface area (Å²) < 4.78 is 0. The maximum absolute atomic E-state index is 11.7. The third-order valence-corrected chi connectivity index (χ3v) is 3.60. The van der Waals surface area contributed by atoms with Crippen LogP contribution in [0.3, 0.4) is 0 Å². The van der Waals surface area contributed by atoms with Crippen molar-refractivity contribution in [3.8, 4) is 6.07 Å². The zero-order chi connectivity index (χ0) is 13.3. The van der Waals surface area contributed by atoms with E-state index in [1.165, 1.54) is 0 Å². The molecule has 3 heteroatoms. The third kappa shape index (κ3) is 2.24. The van der Waals surface area contributed by atoms with Crippen LogP contribution in [0, 0.1) is 17.2 Å². The normalized spacial score (nSPS) is 22.9. The molecule has 2 atom stereocenters. The smallest absolute Gasteiger partial charge is 0.161 e. The first-order valence-electron chi connectivity index (χ1n) is 6.34. The molecule has 0 N–H and O–H groups in total. The van der Waals surface area contributed by atoms with Crippen LogP contribution < -0.4 is 4.90 Å². The van der Waals surface area contributed by atoms with E-state index in [-0.39, 0.29) is 5.78 Å². The minimum absolute atomic E-state index is 0.0567. The van der Waals surface area contributed by atoms with E-state index in [4.69, 9.17) is 5.26 Å². The van der Waals surface area contributed by atoms with E-state index in [9.17, 15) is 4.79 Å². The third-order valence-electron chi connectivity index (χ3n) is 3.60. The van der Waals surface area contributed by atoms with Gasteiger partial charge in [0.2, 0.25) is 0 Å². The van der Waals surface area contributed by atoms with E-state index in [1.54, 1.807) is 19.1 Å². The topological polar surface area (TPSA) is 44.1 Å². The Kier molecular flexibility index (Phi) is 3.38. The lowest BCUT2D eigenvalue weighted by atomic mass is 10.0. The first kappa shape index (κ1) is 12.6. The van der Waals surface area contributed by atoms with E-state index in [0.29, 0.717) is 17.5 Å². The molecule has 94 valence electrons. The lowest BCUT2D eigenvalue weighted by Crippen LogP contribution is -2.28. The molecule has 1 heterocycles. The molecule has 0 bridgehead atoms. The molecule has 2 unspecified atom stereocenters. The van der Waals surface area contributed by atoms with Gasteiger partial charge in [0.1, 0.15) is 0 Å². The second-order valence-corrected chi connectivity index (χ2v) is 5.24. The molecular formula is C15H18N2O. The fourth-order valence-corrected chi connectivity index (χ4v) is 2.77. The molecular weight excluding hydrogens is 224 g/mol. The lowest BCUT2D eigenvalue weighted by molar-refractivity contribution is 0.101. The number of anilines is 1. The van der Waals surface area contributed by atoms with Crippen LogP contribution in [0.1, 0.15) is 43.1 Å². The van der Waals surface area contributed by atoms with Crippen molar-refractivity contribution in [3.63, 3.8) is 0 Å². The van der Waals surface area contributed by atoms with Gasteiger partial charge in [-0.05, 0) is 44.4 Å². The minimum atomic E-state index is 0.0567. The second kappa shape index (κ2) is 4.81. The van der Waals surface area contributed by atoms with Crippen molar-refractivity contribution in [3.05, 3.63) is 29.3 Å². The number of hydrogen-bond acceptors (Lipinski definition) is 3. The molecule has 0 amide bonds. The number of hydrogen-bond donors (Lipinski definition) is 0. The first-order valence-corrected chi connectivity index (χ1v) is 6.34. The predicted molar refractivity (Wildman–Crippen MR) is 71.8 cm³/mol. The van der Waals surface area contributed by atoms with Crippen LogP contribution in [-0.4, -0.2) is 18.4 Å². The number of rotatable bonds is 2. The summed E-state index contributed by atoms with van der Waals surface area (Å²) in [5.74, 6) is 0.687. The van der Waals surface area contributed by atoms with Gasteiger partial charge in [-0.25, -0.2) is 0 Å². The molecule has 3 nitrogen and oxygen atoms in total. The zero-order valence-electron chi connectivity index (χ0n) is 11.1. The molecule has 1 aliphatic heterocycles. The molecule has 0 spiro atoms. The molecule has 2 rings (SSSR count). The van der Waals surface area contributed by atoms with Crippen molar-refractivity contribution in [1.29, 1.82) is 5.26 Å². The van der Waals surface area contributed by atoms with Crippen LogP contribution in [0.2, 0.25) is 0 Å². The van der Waals surface area contributed by atoms with Crippen molar-refractivity contribution >= 4 is 11.5 Å². The van der Waals surface area contributed by atoms with Crippen molar-refractivity contribution < 1.29 is 4.79 Å². The summed E-state index contributed by atoms with van der Waals surface area (Å²) in [6, 6.07) is 7.89. The molecule has 1 fully saturated rings. The van der Waals surface area contributed by atoms with Gasteiger partial charge in [0.05, 0.1) is 11.6 Å². The summed E-state index contributed by atoms with van der Waals surface area (Å²) in [7, 11) is 0. The van der Waals surface area contributed by atoms with E-state index in [2.05, 4.69) is 24.8 Å². The summed E-state index contributed by atoms with van der Waals surface area (Å²) in [6.07, 6.45) is 1.13. The molecule has 1 saturated heterocycles. The fourth-order valence-electron chi connectivity index (χ4n) is 2.77. The summed E-state index contributed by atoms with van der Waals surface area (Å²) in [5, 5.41) is 9.00. The van der Waals surface area contributed by atoms with E-state index in [0.717, 1.165) is 24.2 Å². The molecule has 0 aliphatic carbocycles. The van der Waals surface area contributed by atoms with Crippen molar-refractivity contribution in [1.82, 2.24) is 0 Å². The number of nitrogens with zero attached hydrogens (tertiary/aromatic N) is 2. The summed E-state index contributed by atoms with van der Waals surface area (Å²) >= 11 is 0. The Hall–Kier alpha value is -1.82. The average molecular weight is 242 g/mol. The average Bonchev–Trinajstić information content (AvgIpc) is 2.67. The van der Waals surface area contributed by atoms with E-state index in [1.807, 2.05) is 6.07 Å². The number of carbonyl (C=O) groups is 1. The number of ketones is 1. The maximum Gasteiger partial charge on any atom is 0.161 e. The van der Waals surface area contributed by atoms with Crippen LogP contribution >= 0.6 is 0 Å². The van der Waals surface area contributed by atoms with Gasteiger partial charge in [0.25, 0.3) is 0 Å². The Morgan fingerprint density at radius 3 is 2.67 bits per heavy atom. The molecule has 1 aromatic carbocycles. The molecule has 1 aliphatic rings. The molecule has 18 heavy (non-hydrogen) atoms. The molecule has 1 aromatic rings. The van der Waals surface area contributed by atoms with E-state index >= 15 is 0 Å². The molecule has 0 radical (unpaired) electrons. The highest BCUT2D eigenvalue weighted by Gasteiger charge is 2.28. The predicted octanol–water partition coefficient (Wildman–Crippen LogP) is 3.00. The van der Waals surface area contributed by atoms with Crippen LogP contribution in [-0.2, 0) is 0 Å². The van der Waals surface area contributed by atoms with Crippen molar-refractivity contribution in [2.75, 3.05) is 11.4 Å². The second-order valence-electron chi connectivity index (χ2n) is 5.24. The minimum Gasteiger partial charge on any atom is -0.368 e. The van der Waals surface area contributed by atoms with Crippen molar-refractivity contribution in [2.24, 2.45) is 5.92 Å². The molecule has 0 saturated carbocycles. The Bertz CT molecular complexity index is 516. The Labute approximate surface area is 108 Å². The SMILES string of the molecule is CC(=O)c1ccc(C#N)cc1N1CC(C)CC1C. The number of nitriles is 1. The lowest BCUT2D eigenvalue weighted by Gasteiger charge is -2.26. The largest absolute Gasteiger partial charge is 0.368 e. The number of carbonyl (C=O) groups excluding carboxylic acids is 1. The fraction of sp³-hybridized carbons (Fsp3) is 0.467. The van der Waals surface area contributed by atoms with Gasteiger partial charge in [-0.1, -0.05) is 6.92 Å². The zero-order valence-corrected chi connectivity index (χ0v) is 11.1.